The molecule has 2 heterocycles. The Hall–Kier alpha value is -2.70. The van der Waals surface area contributed by atoms with Crippen molar-refractivity contribution in [2.75, 3.05) is 11.4 Å². The first kappa shape index (κ1) is 19.6. The third kappa shape index (κ3) is 3.91. The van der Waals surface area contributed by atoms with Gasteiger partial charge in [0.25, 0.3) is 0 Å². The van der Waals surface area contributed by atoms with E-state index in [1.807, 2.05) is 0 Å². The van der Waals surface area contributed by atoms with Crippen LogP contribution in [0.1, 0.15) is 54.8 Å². The van der Waals surface area contributed by atoms with Crippen LogP contribution in [0.5, 0.6) is 0 Å². The predicted octanol–water partition coefficient (Wildman–Crippen LogP) is 4.25. The van der Waals surface area contributed by atoms with Gasteiger partial charge < -0.3 is 4.90 Å². The molecular formula is C22H23F2N3O2. The molecule has 1 aliphatic carbocycles. The maximum absolute atomic E-state index is 13.6. The summed E-state index contributed by atoms with van der Waals surface area (Å²) in [6.45, 7) is 2.18. The van der Waals surface area contributed by atoms with Crippen molar-refractivity contribution in [2.45, 2.75) is 45.4 Å². The Morgan fingerprint density at radius 3 is 2.72 bits per heavy atom. The second kappa shape index (κ2) is 7.61. The summed E-state index contributed by atoms with van der Waals surface area (Å²) in [5, 5.41) is 0. The molecule has 1 saturated heterocycles. The highest BCUT2D eigenvalue weighted by atomic mass is 19.1. The van der Waals surface area contributed by atoms with E-state index in [9.17, 15) is 18.4 Å². The number of aryl methyl sites for hydroxylation is 1. The van der Waals surface area contributed by atoms with Crippen molar-refractivity contribution >= 4 is 17.4 Å². The molecule has 29 heavy (non-hydrogen) atoms. The predicted molar refractivity (Wildman–Crippen MR) is 103 cm³/mol. The molecule has 0 unspecified atom stereocenters. The van der Waals surface area contributed by atoms with Crippen molar-refractivity contribution in [1.29, 1.82) is 0 Å². The van der Waals surface area contributed by atoms with E-state index >= 15 is 0 Å². The number of carbonyl (C=O) groups excluding carboxylic acids is 2. The van der Waals surface area contributed by atoms with E-state index in [-0.39, 0.29) is 23.3 Å². The van der Waals surface area contributed by atoms with E-state index in [2.05, 4.69) is 9.97 Å². The topological polar surface area (TPSA) is 63.2 Å². The molecule has 1 aromatic carbocycles. The van der Waals surface area contributed by atoms with Crippen LogP contribution in [0.3, 0.4) is 0 Å². The average molecular weight is 399 g/mol. The average Bonchev–Trinajstić information content (AvgIpc) is 2.97. The molecule has 2 aromatic rings. The van der Waals surface area contributed by atoms with Gasteiger partial charge >= 0.3 is 0 Å². The number of hydrogen-bond donors (Lipinski definition) is 0. The zero-order valence-electron chi connectivity index (χ0n) is 16.3. The van der Waals surface area contributed by atoms with Crippen molar-refractivity contribution in [1.82, 2.24) is 9.97 Å². The van der Waals surface area contributed by atoms with E-state index < -0.39 is 17.0 Å². The van der Waals surface area contributed by atoms with Gasteiger partial charge in [-0.05, 0) is 56.7 Å². The molecule has 1 aliphatic heterocycles. The largest absolute Gasteiger partial charge is 0.312 e. The lowest BCUT2D eigenvalue weighted by Crippen LogP contribution is -2.38. The standard InChI is InChI=1S/C22H23F2N3O2/c1-14-25-7-4-19(26-14)20(28)9-15-3-2-5-22(13-15)6-8-27(21(22)29)18-11-16(23)10-17(24)12-18/h4,7,10-12,15H,2-3,5-6,8-9,13H2,1H3/t15-,22+/m0/s1. The SMILES string of the molecule is Cc1nccc(C(=O)C[C@@H]2CCC[C@@]3(CCN(c4cc(F)cc(F)c4)C3=O)C2)n1. The van der Waals surface area contributed by atoms with E-state index in [0.717, 1.165) is 25.3 Å². The summed E-state index contributed by atoms with van der Waals surface area (Å²) >= 11 is 0. The zero-order valence-corrected chi connectivity index (χ0v) is 16.3. The van der Waals surface area contributed by atoms with Crippen molar-refractivity contribution in [2.24, 2.45) is 11.3 Å². The molecular weight excluding hydrogens is 376 g/mol. The first-order chi connectivity index (χ1) is 13.9. The van der Waals surface area contributed by atoms with Gasteiger partial charge in [-0.15, -0.1) is 0 Å². The maximum atomic E-state index is 13.6. The molecule has 0 bridgehead atoms. The Balaban J connectivity index is 1.49. The van der Waals surface area contributed by atoms with Crippen LogP contribution < -0.4 is 4.90 Å². The molecule has 1 aromatic heterocycles. The van der Waals surface area contributed by atoms with Gasteiger partial charge in [0.15, 0.2) is 5.78 Å². The fourth-order valence-corrected chi connectivity index (χ4v) is 4.82. The van der Waals surface area contributed by atoms with Gasteiger partial charge in [-0.2, -0.15) is 0 Å². The van der Waals surface area contributed by atoms with Gasteiger partial charge in [0, 0.05) is 30.9 Å². The second-order valence-corrected chi connectivity index (χ2v) is 8.19. The van der Waals surface area contributed by atoms with E-state index in [4.69, 9.17) is 0 Å². The molecule has 7 heteroatoms. The van der Waals surface area contributed by atoms with Crippen molar-refractivity contribution < 1.29 is 18.4 Å². The van der Waals surface area contributed by atoms with Gasteiger partial charge in [-0.25, -0.2) is 18.7 Å². The summed E-state index contributed by atoms with van der Waals surface area (Å²) in [5.74, 6) is -0.855. The van der Waals surface area contributed by atoms with Crippen molar-refractivity contribution in [3.05, 3.63) is 53.6 Å². The number of carbonyl (C=O) groups is 2. The first-order valence-electron chi connectivity index (χ1n) is 9.97. The van der Waals surface area contributed by atoms with Crippen molar-refractivity contribution in [3.8, 4) is 0 Å². The first-order valence-corrected chi connectivity index (χ1v) is 9.97. The lowest BCUT2D eigenvalue weighted by Gasteiger charge is -2.36. The molecule has 1 amide bonds. The van der Waals surface area contributed by atoms with Crippen molar-refractivity contribution in [3.63, 3.8) is 0 Å². The number of aromatic nitrogens is 2. The fourth-order valence-electron chi connectivity index (χ4n) is 4.82. The van der Waals surface area contributed by atoms with Gasteiger partial charge in [-0.1, -0.05) is 6.42 Å². The Bertz CT molecular complexity index is 945. The number of Topliss-reactive ketones (excluding diaryl/α,β-unsaturated/α-hetero) is 1. The maximum Gasteiger partial charge on any atom is 0.233 e. The van der Waals surface area contributed by atoms with Gasteiger partial charge in [0.2, 0.25) is 5.91 Å². The Morgan fingerprint density at radius 1 is 1.24 bits per heavy atom. The smallest absolute Gasteiger partial charge is 0.233 e. The molecule has 2 fully saturated rings. The van der Waals surface area contributed by atoms with Crippen LogP contribution in [0.15, 0.2) is 30.5 Å². The number of rotatable bonds is 4. The molecule has 5 nitrogen and oxygen atoms in total. The van der Waals surface area contributed by atoms with E-state index in [1.165, 1.54) is 17.0 Å². The summed E-state index contributed by atoms with van der Waals surface area (Å²) in [6, 6.07) is 4.81. The summed E-state index contributed by atoms with van der Waals surface area (Å²) in [5.41, 5.74) is 0.124. The summed E-state index contributed by atoms with van der Waals surface area (Å²) in [6.07, 6.45) is 5.68. The van der Waals surface area contributed by atoms with Crippen LogP contribution in [-0.4, -0.2) is 28.2 Å². The van der Waals surface area contributed by atoms with Gasteiger partial charge in [0.05, 0.1) is 5.41 Å². The summed E-state index contributed by atoms with van der Waals surface area (Å²) in [7, 11) is 0. The number of benzene rings is 1. The minimum atomic E-state index is -0.694. The lowest BCUT2D eigenvalue weighted by atomic mass is 9.67. The number of anilines is 1. The van der Waals surface area contributed by atoms with E-state index in [0.29, 0.717) is 37.3 Å². The summed E-state index contributed by atoms with van der Waals surface area (Å²) < 4.78 is 27.2. The van der Waals surface area contributed by atoms with Gasteiger partial charge in [-0.3, -0.25) is 9.59 Å². The third-order valence-electron chi connectivity index (χ3n) is 6.15. The number of halogens is 2. The second-order valence-electron chi connectivity index (χ2n) is 8.19. The molecule has 2 atom stereocenters. The highest BCUT2D eigenvalue weighted by Crippen LogP contribution is 2.48. The number of amides is 1. The Labute approximate surface area is 168 Å². The lowest BCUT2D eigenvalue weighted by molar-refractivity contribution is -0.128. The number of ketones is 1. The van der Waals surface area contributed by atoms with Crippen LogP contribution in [0.4, 0.5) is 14.5 Å². The molecule has 152 valence electrons. The summed E-state index contributed by atoms with van der Waals surface area (Å²) in [4.78, 5) is 35.6. The Morgan fingerprint density at radius 2 is 2.00 bits per heavy atom. The number of nitrogens with zero attached hydrogens (tertiary/aromatic N) is 3. The normalized spacial score (nSPS) is 24.3. The third-order valence-corrected chi connectivity index (χ3v) is 6.15. The minimum absolute atomic E-state index is 0.0351. The molecule has 1 spiro atoms. The molecule has 1 saturated carbocycles. The van der Waals surface area contributed by atoms with Crippen LogP contribution in [0.2, 0.25) is 0 Å². The molecule has 2 aliphatic rings. The quantitative estimate of drug-likeness (QED) is 0.721. The highest BCUT2D eigenvalue weighted by molar-refractivity contribution is 6.00. The van der Waals surface area contributed by atoms with Crippen LogP contribution in [0, 0.1) is 29.9 Å². The monoisotopic (exact) mass is 399 g/mol. The van der Waals surface area contributed by atoms with Crippen LogP contribution >= 0.6 is 0 Å². The number of hydrogen-bond acceptors (Lipinski definition) is 4. The molecule has 4 rings (SSSR count). The zero-order chi connectivity index (χ0) is 20.6. The van der Waals surface area contributed by atoms with Gasteiger partial charge in [0.1, 0.15) is 23.2 Å². The van der Waals surface area contributed by atoms with Crippen LogP contribution in [-0.2, 0) is 4.79 Å². The molecule has 0 radical (unpaired) electrons. The fraction of sp³-hybridized carbons (Fsp3) is 0.455. The Kier molecular flexibility index (Phi) is 5.15. The minimum Gasteiger partial charge on any atom is -0.312 e. The molecule has 0 N–H and O–H groups in total. The highest BCUT2D eigenvalue weighted by Gasteiger charge is 2.49. The van der Waals surface area contributed by atoms with Crippen LogP contribution in [0.25, 0.3) is 0 Å². The van der Waals surface area contributed by atoms with E-state index in [1.54, 1.807) is 19.2 Å².